The molecule has 2 N–H and O–H groups in total. The lowest BCUT2D eigenvalue weighted by molar-refractivity contribution is 0.102. The molecule has 1 aromatic heterocycles. The van der Waals surface area contributed by atoms with Crippen LogP contribution in [0, 0.1) is 13.8 Å². The molecule has 0 radical (unpaired) electrons. The van der Waals surface area contributed by atoms with E-state index in [1.165, 1.54) is 7.11 Å². The first kappa shape index (κ1) is 19.2. The molecule has 0 saturated carbocycles. The third-order valence-electron chi connectivity index (χ3n) is 4.06. The number of benzene rings is 2. The molecule has 1 heterocycles. The van der Waals surface area contributed by atoms with E-state index in [1.54, 1.807) is 43.5 Å². The molecule has 0 aliphatic carbocycles. The van der Waals surface area contributed by atoms with Crippen molar-refractivity contribution in [1.29, 1.82) is 0 Å². The average molecular weight is 378 g/mol. The lowest BCUT2D eigenvalue weighted by Crippen LogP contribution is -2.15. The van der Waals surface area contributed by atoms with Gasteiger partial charge in [-0.25, -0.2) is 9.97 Å². The first-order chi connectivity index (χ1) is 13.5. The van der Waals surface area contributed by atoms with Crippen molar-refractivity contribution in [2.75, 3.05) is 24.9 Å². The summed E-state index contributed by atoms with van der Waals surface area (Å²) in [5.41, 5.74) is 3.31. The van der Waals surface area contributed by atoms with E-state index in [-0.39, 0.29) is 5.91 Å². The van der Waals surface area contributed by atoms with E-state index in [0.29, 0.717) is 34.4 Å². The highest BCUT2D eigenvalue weighted by Crippen LogP contribution is 2.30. The van der Waals surface area contributed by atoms with E-state index < -0.39 is 0 Å². The molecule has 0 spiro atoms. The van der Waals surface area contributed by atoms with Gasteiger partial charge in [0.05, 0.1) is 31.2 Å². The van der Waals surface area contributed by atoms with Gasteiger partial charge in [-0.2, -0.15) is 0 Å². The van der Waals surface area contributed by atoms with E-state index in [9.17, 15) is 4.79 Å². The summed E-state index contributed by atoms with van der Waals surface area (Å²) in [5.74, 6) is 1.32. The molecule has 0 unspecified atom stereocenters. The Balaban J connectivity index is 1.87. The minimum absolute atomic E-state index is 0.282. The lowest BCUT2D eigenvalue weighted by atomic mass is 10.1. The number of nitrogens with one attached hydrogen (secondary N) is 2. The van der Waals surface area contributed by atoms with E-state index in [2.05, 4.69) is 20.6 Å². The predicted octanol–water partition coefficient (Wildman–Crippen LogP) is 4.11. The Hall–Kier alpha value is -3.61. The normalized spacial score (nSPS) is 10.3. The van der Waals surface area contributed by atoms with E-state index >= 15 is 0 Å². The number of para-hydroxylation sites is 1. The molecular formula is C21H22N4O3. The van der Waals surface area contributed by atoms with Crippen LogP contribution in [0.3, 0.4) is 0 Å². The highest BCUT2D eigenvalue weighted by atomic mass is 16.5. The molecule has 2 aromatic carbocycles. The van der Waals surface area contributed by atoms with E-state index in [0.717, 1.165) is 11.4 Å². The Morgan fingerprint density at radius 3 is 2.29 bits per heavy atom. The summed E-state index contributed by atoms with van der Waals surface area (Å²) >= 11 is 0. The Morgan fingerprint density at radius 1 is 0.893 bits per heavy atom. The van der Waals surface area contributed by atoms with E-state index in [1.807, 2.05) is 26.0 Å². The molecule has 1 amide bonds. The summed E-state index contributed by atoms with van der Waals surface area (Å²) in [7, 11) is 3.11. The van der Waals surface area contributed by atoms with Crippen molar-refractivity contribution < 1.29 is 14.3 Å². The topological polar surface area (TPSA) is 85.4 Å². The zero-order chi connectivity index (χ0) is 20.1. The third-order valence-corrected chi connectivity index (χ3v) is 4.06. The number of amides is 1. The molecule has 0 atom stereocenters. The van der Waals surface area contributed by atoms with Gasteiger partial charge in [0.25, 0.3) is 5.91 Å². The molecule has 0 fully saturated rings. The summed E-state index contributed by atoms with van der Waals surface area (Å²) in [6.45, 7) is 3.79. The highest BCUT2D eigenvalue weighted by molar-refractivity contribution is 6.09. The van der Waals surface area contributed by atoms with Crippen LogP contribution in [-0.4, -0.2) is 30.1 Å². The molecule has 0 bridgehead atoms. The van der Waals surface area contributed by atoms with Crippen molar-refractivity contribution in [1.82, 2.24) is 9.97 Å². The monoisotopic (exact) mass is 378 g/mol. The molecule has 7 heteroatoms. The number of hydrogen-bond acceptors (Lipinski definition) is 6. The van der Waals surface area contributed by atoms with Crippen LogP contribution in [0.4, 0.5) is 17.3 Å². The zero-order valence-corrected chi connectivity index (χ0v) is 16.2. The standard InChI is InChI=1S/C21H22N4O3/c1-13-11-14(2)23-21(22-13)25-17-8-6-5-7-16(17)20(26)24-18-10-9-15(27-3)12-19(18)28-4/h5-12H,1-4H3,(H,24,26)(H,22,23,25). The predicted molar refractivity (Wildman–Crippen MR) is 109 cm³/mol. The fraction of sp³-hybridized carbons (Fsp3) is 0.190. The number of nitrogens with zero attached hydrogens (tertiary/aromatic N) is 2. The number of aromatic nitrogens is 2. The molecule has 144 valence electrons. The van der Waals surface area contributed by atoms with E-state index in [4.69, 9.17) is 9.47 Å². The molecule has 7 nitrogen and oxygen atoms in total. The average Bonchev–Trinajstić information content (AvgIpc) is 2.67. The first-order valence-electron chi connectivity index (χ1n) is 8.72. The fourth-order valence-electron chi connectivity index (χ4n) is 2.78. The first-order valence-corrected chi connectivity index (χ1v) is 8.72. The number of anilines is 3. The van der Waals surface area contributed by atoms with Gasteiger partial charge in [-0.05, 0) is 44.2 Å². The van der Waals surface area contributed by atoms with Crippen molar-refractivity contribution in [3.63, 3.8) is 0 Å². The molecule has 3 rings (SSSR count). The van der Waals surface area contributed by atoms with Crippen molar-refractivity contribution in [3.05, 3.63) is 65.5 Å². The van der Waals surface area contributed by atoms with Crippen LogP contribution < -0.4 is 20.1 Å². The molecule has 3 aromatic rings. The van der Waals surface area contributed by atoms with Gasteiger partial charge < -0.3 is 20.1 Å². The highest BCUT2D eigenvalue weighted by Gasteiger charge is 2.15. The second-order valence-electron chi connectivity index (χ2n) is 6.17. The van der Waals surface area contributed by atoms with Gasteiger partial charge in [0.1, 0.15) is 11.5 Å². The Kier molecular flexibility index (Phi) is 5.74. The van der Waals surface area contributed by atoms with Crippen LogP contribution in [0.25, 0.3) is 0 Å². The Bertz CT molecular complexity index is 984. The number of hydrogen-bond donors (Lipinski definition) is 2. The number of methoxy groups -OCH3 is 2. The fourth-order valence-corrected chi connectivity index (χ4v) is 2.78. The SMILES string of the molecule is COc1ccc(NC(=O)c2ccccc2Nc2nc(C)cc(C)n2)c(OC)c1. The van der Waals surface area contributed by atoms with Crippen molar-refractivity contribution in [2.45, 2.75) is 13.8 Å². The van der Waals surface area contributed by atoms with Crippen LogP contribution in [0.5, 0.6) is 11.5 Å². The minimum atomic E-state index is -0.282. The third kappa shape index (κ3) is 4.37. The number of carbonyl (C=O) groups excluding carboxylic acids is 1. The zero-order valence-electron chi connectivity index (χ0n) is 16.2. The van der Waals surface area contributed by atoms with Gasteiger partial charge in [0, 0.05) is 17.5 Å². The maximum atomic E-state index is 12.9. The summed E-state index contributed by atoms with van der Waals surface area (Å²) < 4.78 is 10.5. The largest absolute Gasteiger partial charge is 0.497 e. The van der Waals surface area contributed by atoms with Crippen LogP contribution in [0.2, 0.25) is 0 Å². The number of rotatable bonds is 6. The van der Waals surface area contributed by atoms with Gasteiger partial charge in [0.15, 0.2) is 0 Å². The van der Waals surface area contributed by atoms with Crippen LogP contribution in [0.1, 0.15) is 21.7 Å². The summed E-state index contributed by atoms with van der Waals surface area (Å²) in [6.07, 6.45) is 0. The Morgan fingerprint density at radius 2 is 1.61 bits per heavy atom. The lowest BCUT2D eigenvalue weighted by Gasteiger charge is -2.14. The van der Waals surface area contributed by atoms with Gasteiger partial charge in [0.2, 0.25) is 5.95 Å². The molecule has 0 aliphatic heterocycles. The minimum Gasteiger partial charge on any atom is -0.497 e. The van der Waals surface area contributed by atoms with Gasteiger partial charge in [-0.1, -0.05) is 12.1 Å². The van der Waals surface area contributed by atoms with Gasteiger partial charge in [-0.3, -0.25) is 4.79 Å². The van der Waals surface area contributed by atoms with Crippen molar-refractivity contribution in [3.8, 4) is 11.5 Å². The molecule has 28 heavy (non-hydrogen) atoms. The molecule has 0 saturated heterocycles. The maximum absolute atomic E-state index is 12.9. The summed E-state index contributed by atoms with van der Waals surface area (Å²) in [5, 5.41) is 6.01. The quantitative estimate of drug-likeness (QED) is 0.671. The summed E-state index contributed by atoms with van der Waals surface area (Å²) in [4.78, 5) is 21.6. The van der Waals surface area contributed by atoms with Crippen molar-refractivity contribution >= 4 is 23.2 Å². The maximum Gasteiger partial charge on any atom is 0.257 e. The second kappa shape index (κ2) is 8.39. The van der Waals surface area contributed by atoms with Crippen molar-refractivity contribution in [2.24, 2.45) is 0 Å². The van der Waals surface area contributed by atoms with Gasteiger partial charge in [-0.15, -0.1) is 0 Å². The number of ether oxygens (including phenoxy) is 2. The molecule has 0 aliphatic rings. The van der Waals surface area contributed by atoms with Crippen LogP contribution >= 0.6 is 0 Å². The van der Waals surface area contributed by atoms with Crippen LogP contribution in [0.15, 0.2) is 48.5 Å². The number of carbonyl (C=O) groups is 1. The van der Waals surface area contributed by atoms with Crippen LogP contribution in [-0.2, 0) is 0 Å². The summed E-state index contributed by atoms with van der Waals surface area (Å²) in [6, 6.07) is 14.3. The second-order valence-corrected chi connectivity index (χ2v) is 6.17. The smallest absolute Gasteiger partial charge is 0.257 e. The number of aryl methyl sites for hydroxylation is 2. The van der Waals surface area contributed by atoms with Gasteiger partial charge >= 0.3 is 0 Å². The Labute approximate surface area is 163 Å². The molecular weight excluding hydrogens is 356 g/mol.